The van der Waals surface area contributed by atoms with Crippen LogP contribution in [0.5, 0.6) is 5.75 Å². The van der Waals surface area contributed by atoms with E-state index >= 15 is 0 Å². The number of nitrogens with one attached hydrogen (secondary N) is 1. The summed E-state index contributed by atoms with van der Waals surface area (Å²) in [6.45, 7) is 0. The standard InChI is InChI=1S/C17H12N4O3S2/c22-12-7-3-1-5-10(12)15-20-21-17(26-15)25-9-14(23)19-16-18-11-6-2-4-8-13(11)24-16/h1-8,22H,9H2,(H,18,19,23). The molecule has 0 aliphatic rings. The number of anilines is 1. The van der Waals surface area contributed by atoms with Crippen molar-refractivity contribution in [3.05, 3.63) is 48.5 Å². The molecule has 0 radical (unpaired) electrons. The molecule has 4 aromatic rings. The fourth-order valence-electron chi connectivity index (χ4n) is 2.24. The summed E-state index contributed by atoms with van der Waals surface area (Å²) in [7, 11) is 0. The van der Waals surface area contributed by atoms with Crippen LogP contribution in [-0.2, 0) is 4.79 Å². The Labute approximate surface area is 156 Å². The smallest absolute Gasteiger partial charge is 0.302 e. The molecule has 0 saturated heterocycles. The molecule has 0 aliphatic carbocycles. The van der Waals surface area contributed by atoms with Gasteiger partial charge in [-0.3, -0.25) is 10.1 Å². The first-order valence-electron chi connectivity index (χ1n) is 7.59. The lowest BCUT2D eigenvalue weighted by Crippen LogP contribution is -2.14. The highest BCUT2D eigenvalue weighted by Gasteiger charge is 2.13. The quantitative estimate of drug-likeness (QED) is 0.505. The molecule has 26 heavy (non-hydrogen) atoms. The van der Waals surface area contributed by atoms with Crippen molar-refractivity contribution in [2.24, 2.45) is 0 Å². The molecule has 0 aliphatic heterocycles. The number of rotatable bonds is 5. The van der Waals surface area contributed by atoms with Crippen LogP contribution in [-0.4, -0.2) is 31.9 Å². The number of oxazole rings is 1. The number of carbonyl (C=O) groups is 1. The van der Waals surface area contributed by atoms with E-state index in [9.17, 15) is 9.90 Å². The summed E-state index contributed by atoms with van der Waals surface area (Å²) in [5.41, 5.74) is 1.92. The zero-order chi connectivity index (χ0) is 17.9. The van der Waals surface area contributed by atoms with Crippen molar-refractivity contribution in [3.8, 4) is 16.3 Å². The highest BCUT2D eigenvalue weighted by Crippen LogP contribution is 2.34. The minimum absolute atomic E-state index is 0.147. The highest BCUT2D eigenvalue weighted by molar-refractivity contribution is 8.01. The number of para-hydroxylation sites is 3. The maximum absolute atomic E-state index is 12.1. The van der Waals surface area contributed by atoms with Gasteiger partial charge in [0.1, 0.15) is 11.3 Å². The van der Waals surface area contributed by atoms with Crippen LogP contribution in [0.15, 0.2) is 57.3 Å². The maximum atomic E-state index is 12.1. The third kappa shape index (κ3) is 3.53. The van der Waals surface area contributed by atoms with Crippen molar-refractivity contribution in [1.29, 1.82) is 0 Å². The lowest BCUT2D eigenvalue weighted by atomic mass is 10.2. The molecule has 2 aromatic carbocycles. The van der Waals surface area contributed by atoms with Crippen LogP contribution in [0.4, 0.5) is 6.01 Å². The van der Waals surface area contributed by atoms with Crippen molar-refractivity contribution in [3.63, 3.8) is 0 Å². The zero-order valence-corrected chi connectivity index (χ0v) is 14.9. The predicted molar refractivity (Wildman–Crippen MR) is 100 cm³/mol. The minimum Gasteiger partial charge on any atom is -0.507 e. The van der Waals surface area contributed by atoms with Crippen LogP contribution in [0, 0.1) is 0 Å². The molecule has 0 fully saturated rings. The number of hydrogen-bond acceptors (Lipinski definition) is 8. The zero-order valence-electron chi connectivity index (χ0n) is 13.2. The highest BCUT2D eigenvalue weighted by atomic mass is 32.2. The van der Waals surface area contributed by atoms with Gasteiger partial charge >= 0.3 is 6.01 Å². The molecule has 2 aromatic heterocycles. The Bertz CT molecular complexity index is 1040. The minimum atomic E-state index is -0.249. The molecule has 0 spiro atoms. The Morgan fingerprint density at radius 2 is 1.96 bits per heavy atom. The van der Waals surface area contributed by atoms with Gasteiger partial charge in [0, 0.05) is 0 Å². The van der Waals surface area contributed by atoms with Crippen LogP contribution >= 0.6 is 23.1 Å². The SMILES string of the molecule is O=C(CSc1nnc(-c2ccccc2O)s1)Nc1nc2ccccc2o1. The Hall–Kier alpha value is -2.91. The number of phenols is 1. The Morgan fingerprint density at radius 1 is 1.15 bits per heavy atom. The maximum Gasteiger partial charge on any atom is 0.302 e. The second kappa shape index (κ2) is 7.14. The number of aromatic nitrogens is 3. The van der Waals surface area contributed by atoms with Crippen LogP contribution in [0.3, 0.4) is 0 Å². The van der Waals surface area contributed by atoms with Gasteiger partial charge in [0.15, 0.2) is 14.9 Å². The summed E-state index contributed by atoms with van der Waals surface area (Å²) in [6.07, 6.45) is 0. The van der Waals surface area contributed by atoms with Gasteiger partial charge in [-0.2, -0.15) is 4.98 Å². The van der Waals surface area contributed by atoms with E-state index in [0.29, 0.717) is 26.0 Å². The number of fused-ring (bicyclic) bond motifs is 1. The molecule has 2 N–H and O–H groups in total. The predicted octanol–water partition coefficient (Wildman–Crippen LogP) is 3.78. The molecule has 0 saturated carbocycles. The monoisotopic (exact) mass is 384 g/mol. The summed E-state index contributed by atoms with van der Waals surface area (Å²) >= 11 is 2.57. The molecule has 7 nitrogen and oxygen atoms in total. The fourth-order valence-corrected chi connectivity index (χ4v) is 3.93. The van der Waals surface area contributed by atoms with Gasteiger partial charge in [-0.05, 0) is 24.3 Å². The Kier molecular flexibility index (Phi) is 4.55. The third-order valence-electron chi connectivity index (χ3n) is 3.41. The van der Waals surface area contributed by atoms with E-state index in [1.165, 1.54) is 23.1 Å². The molecule has 0 atom stereocenters. The number of amides is 1. The largest absolute Gasteiger partial charge is 0.507 e. The first kappa shape index (κ1) is 16.6. The van der Waals surface area contributed by atoms with Gasteiger partial charge in [0.05, 0.1) is 11.3 Å². The Balaban J connectivity index is 1.38. The number of aromatic hydroxyl groups is 1. The van der Waals surface area contributed by atoms with E-state index in [1.54, 1.807) is 24.3 Å². The van der Waals surface area contributed by atoms with Crippen molar-refractivity contribution in [2.45, 2.75) is 4.34 Å². The summed E-state index contributed by atoms with van der Waals surface area (Å²) in [6, 6.07) is 14.4. The van der Waals surface area contributed by atoms with Gasteiger partial charge < -0.3 is 9.52 Å². The van der Waals surface area contributed by atoms with E-state index in [-0.39, 0.29) is 23.4 Å². The van der Waals surface area contributed by atoms with Crippen LogP contribution < -0.4 is 5.32 Å². The molecule has 2 heterocycles. The molecular weight excluding hydrogens is 372 g/mol. The number of nitrogens with zero attached hydrogens (tertiary/aromatic N) is 3. The number of thioether (sulfide) groups is 1. The summed E-state index contributed by atoms with van der Waals surface area (Å²) in [5, 5.41) is 21.2. The fraction of sp³-hybridized carbons (Fsp3) is 0.0588. The number of phenolic OH excluding ortho intramolecular Hbond substituents is 1. The van der Waals surface area contributed by atoms with Crippen LogP contribution in [0.1, 0.15) is 0 Å². The molecule has 0 bridgehead atoms. The van der Waals surface area contributed by atoms with Gasteiger partial charge in [0.25, 0.3) is 0 Å². The summed E-state index contributed by atoms with van der Waals surface area (Å²) in [5.74, 6) is 0.0449. The van der Waals surface area contributed by atoms with Gasteiger partial charge in [-0.1, -0.05) is 47.4 Å². The summed E-state index contributed by atoms with van der Waals surface area (Å²) < 4.78 is 6.10. The van der Waals surface area contributed by atoms with Crippen LogP contribution in [0.25, 0.3) is 21.7 Å². The van der Waals surface area contributed by atoms with Gasteiger partial charge in [-0.25, -0.2) is 0 Å². The van der Waals surface area contributed by atoms with Crippen molar-refractivity contribution < 1.29 is 14.3 Å². The van der Waals surface area contributed by atoms with Crippen molar-refractivity contribution in [2.75, 3.05) is 11.1 Å². The molecule has 0 unspecified atom stereocenters. The van der Waals surface area contributed by atoms with E-state index in [4.69, 9.17) is 4.42 Å². The van der Waals surface area contributed by atoms with E-state index in [1.807, 2.05) is 24.3 Å². The molecule has 130 valence electrons. The topological polar surface area (TPSA) is 101 Å². The number of carbonyl (C=O) groups excluding carboxylic acids is 1. The second-order valence-electron chi connectivity index (χ2n) is 5.21. The second-order valence-corrected chi connectivity index (χ2v) is 7.41. The number of benzene rings is 2. The average molecular weight is 384 g/mol. The van der Waals surface area contributed by atoms with E-state index in [0.717, 1.165) is 0 Å². The molecule has 4 rings (SSSR count). The summed E-state index contributed by atoms with van der Waals surface area (Å²) in [4.78, 5) is 16.3. The molecule has 1 amide bonds. The van der Waals surface area contributed by atoms with Crippen LogP contribution in [0.2, 0.25) is 0 Å². The average Bonchev–Trinajstić information content (AvgIpc) is 3.26. The van der Waals surface area contributed by atoms with Gasteiger partial charge in [0.2, 0.25) is 5.91 Å². The van der Waals surface area contributed by atoms with Crippen molar-refractivity contribution in [1.82, 2.24) is 15.2 Å². The Morgan fingerprint density at radius 3 is 2.81 bits per heavy atom. The molecular formula is C17H12N4O3S2. The number of hydrogen-bond donors (Lipinski definition) is 2. The van der Waals surface area contributed by atoms with E-state index < -0.39 is 0 Å². The first-order chi connectivity index (χ1) is 12.7. The van der Waals surface area contributed by atoms with E-state index in [2.05, 4.69) is 20.5 Å². The van der Waals surface area contributed by atoms with Gasteiger partial charge in [-0.15, -0.1) is 10.2 Å². The normalized spacial score (nSPS) is 10.9. The third-order valence-corrected chi connectivity index (χ3v) is 5.50. The lowest BCUT2D eigenvalue weighted by molar-refractivity contribution is -0.113. The lowest BCUT2D eigenvalue weighted by Gasteiger charge is -1.98. The first-order valence-corrected chi connectivity index (χ1v) is 9.39. The molecule has 9 heteroatoms. The van der Waals surface area contributed by atoms with Crippen molar-refractivity contribution >= 4 is 46.1 Å².